The lowest BCUT2D eigenvalue weighted by atomic mass is 9.84. The van der Waals surface area contributed by atoms with Crippen molar-refractivity contribution in [3.05, 3.63) is 12.2 Å². The summed E-state index contributed by atoms with van der Waals surface area (Å²) in [5.41, 5.74) is 1.22. The maximum absolute atomic E-state index is 11.1. The van der Waals surface area contributed by atoms with Crippen LogP contribution in [0.1, 0.15) is 32.1 Å². The van der Waals surface area contributed by atoms with Gasteiger partial charge in [0.25, 0.3) is 0 Å². The van der Waals surface area contributed by atoms with Crippen molar-refractivity contribution in [2.75, 3.05) is 5.33 Å². The molecule has 0 radical (unpaired) electrons. The summed E-state index contributed by atoms with van der Waals surface area (Å²) in [5, 5.41) is 0.873. The van der Waals surface area contributed by atoms with Gasteiger partial charge in [0.05, 0.1) is 0 Å². The van der Waals surface area contributed by atoms with E-state index in [9.17, 15) is 4.79 Å². The first-order valence-corrected chi connectivity index (χ1v) is 5.59. The SMILES string of the molecule is C=C(CBr)CC1CCCC(=O)C1. The zero-order chi connectivity index (χ0) is 8.97. The van der Waals surface area contributed by atoms with E-state index >= 15 is 0 Å². The number of ketones is 1. The van der Waals surface area contributed by atoms with Crippen LogP contribution in [0, 0.1) is 5.92 Å². The molecule has 2 heteroatoms. The van der Waals surface area contributed by atoms with Crippen molar-refractivity contribution >= 4 is 21.7 Å². The molecule has 1 aliphatic carbocycles. The number of hydrogen-bond acceptors (Lipinski definition) is 1. The Hall–Kier alpha value is -0.110. The zero-order valence-electron chi connectivity index (χ0n) is 7.31. The summed E-state index contributed by atoms with van der Waals surface area (Å²) in [6.45, 7) is 3.93. The third-order valence-corrected chi connectivity index (χ3v) is 3.14. The smallest absolute Gasteiger partial charge is 0.133 e. The zero-order valence-corrected chi connectivity index (χ0v) is 8.90. The van der Waals surface area contributed by atoms with Gasteiger partial charge in [0.1, 0.15) is 5.78 Å². The Morgan fingerprint density at radius 3 is 3.00 bits per heavy atom. The van der Waals surface area contributed by atoms with Crippen LogP contribution in [0.3, 0.4) is 0 Å². The van der Waals surface area contributed by atoms with E-state index in [0.717, 1.165) is 31.0 Å². The second kappa shape index (κ2) is 4.80. The van der Waals surface area contributed by atoms with Gasteiger partial charge in [-0.25, -0.2) is 0 Å². The lowest BCUT2D eigenvalue weighted by Crippen LogP contribution is -2.15. The van der Waals surface area contributed by atoms with Crippen molar-refractivity contribution in [1.82, 2.24) is 0 Å². The molecule has 0 bridgehead atoms. The Morgan fingerprint density at radius 1 is 1.67 bits per heavy atom. The van der Waals surface area contributed by atoms with Crippen LogP contribution < -0.4 is 0 Å². The molecule has 1 fully saturated rings. The summed E-state index contributed by atoms with van der Waals surface area (Å²) in [6.07, 6.45) is 4.90. The normalized spacial score (nSPS) is 24.1. The van der Waals surface area contributed by atoms with Gasteiger partial charge in [-0.1, -0.05) is 28.1 Å². The summed E-state index contributed by atoms with van der Waals surface area (Å²) in [4.78, 5) is 11.1. The van der Waals surface area contributed by atoms with Crippen LogP contribution in [0.15, 0.2) is 12.2 Å². The highest BCUT2D eigenvalue weighted by Crippen LogP contribution is 2.26. The second-order valence-electron chi connectivity index (χ2n) is 3.59. The van der Waals surface area contributed by atoms with Crippen molar-refractivity contribution < 1.29 is 4.79 Å². The van der Waals surface area contributed by atoms with Gasteiger partial charge in [0.15, 0.2) is 0 Å². The van der Waals surface area contributed by atoms with Gasteiger partial charge in [-0.05, 0) is 25.2 Å². The molecular formula is C10H15BrO. The highest BCUT2D eigenvalue weighted by Gasteiger charge is 2.19. The van der Waals surface area contributed by atoms with Gasteiger partial charge in [0, 0.05) is 18.2 Å². The Balaban J connectivity index is 2.32. The minimum Gasteiger partial charge on any atom is -0.300 e. The van der Waals surface area contributed by atoms with Gasteiger partial charge in [-0.3, -0.25) is 4.79 Å². The van der Waals surface area contributed by atoms with E-state index in [2.05, 4.69) is 22.5 Å². The second-order valence-corrected chi connectivity index (χ2v) is 4.15. The number of allylic oxidation sites excluding steroid dienone is 1. The van der Waals surface area contributed by atoms with Crippen LogP contribution in [0.25, 0.3) is 0 Å². The van der Waals surface area contributed by atoms with E-state index in [1.165, 1.54) is 12.0 Å². The van der Waals surface area contributed by atoms with E-state index in [4.69, 9.17) is 0 Å². The molecule has 0 spiro atoms. The van der Waals surface area contributed by atoms with Crippen molar-refractivity contribution in [1.29, 1.82) is 0 Å². The molecule has 0 N–H and O–H groups in total. The summed E-state index contributed by atoms with van der Waals surface area (Å²) in [5.74, 6) is 1.02. The van der Waals surface area contributed by atoms with Crippen molar-refractivity contribution in [2.45, 2.75) is 32.1 Å². The Bertz CT molecular complexity index is 186. The molecule has 1 atom stereocenters. The molecule has 1 nitrogen and oxygen atoms in total. The van der Waals surface area contributed by atoms with E-state index in [-0.39, 0.29) is 0 Å². The van der Waals surface area contributed by atoms with Crippen molar-refractivity contribution in [3.8, 4) is 0 Å². The fourth-order valence-corrected chi connectivity index (χ4v) is 1.98. The van der Waals surface area contributed by atoms with Crippen LogP contribution >= 0.6 is 15.9 Å². The molecule has 0 heterocycles. The highest BCUT2D eigenvalue weighted by molar-refractivity contribution is 9.09. The Morgan fingerprint density at radius 2 is 2.42 bits per heavy atom. The fourth-order valence-electron chi connectivity index (χ4n) is 1.75. The fraction of sp³-hybridized carbons (Fsp3) is 0.700. The summed E-state index contributed by atoms with van der Waals surface area (Å²) < 4.78 is 0. The van der Waals surface area contributed by atoms with E-state index in [1.807, 2.05) is 0 Å². The molecule has 0 aromatic heterocycles. The number of carbonyl (C=O) groups excluding carboxylic acids is 1. The molecule has 0 aromatic rings. The molecular weight excluding hydrogens is 216 g/mol. The first kappa shape index (κ1) is 9.97. The predicted octanol–water partition coefficient (Wildman–Crippen LogP) is 3.09. The Kier molecular flexibility index (Phi) is 3.99. The molecule has 12 heavy (non-hydrogen) atoms. The van der Waals surface area contributed by atoms with Gasteiger partial charge < -0.3 is 0 Å². The average Bonchev–Trinajstić information content (AvgIpc) is 2.04. The number of Topliss-reactive ketones (excluding diaryl/α,β-unsaturated/α-hetero) is 1. The van der Waals surface area contributed by atoms with E-state index < -0.39 is 0 Å². The minimum atomic E-state index is 0.439. The maximum atomic E-state index is 11.1. The average molecular weight is 231 g/mol. The van der Waals surface area contributed by atoms with Gasteiger partial charge in [-0.2, -0.15) is 0 Å². The third kappa shape index (κ3) is 3.10. The molecule has 68 valence electrons. The summed E-state index contributed by atoms with van der Waals surface area (Å²) in [6, 6.07) is 0. The Labute approximate surface area is 82.4 Å². The molecule has 0 aliphatic heterocycles. The predicted molar refractivity (Wildman–Crippen MR) is 54.5 cm³/mol. The quantitative estimate of drug-likeness (QED) is 0.538. The molecule has 1 unspecified atom stereocenters. The van der Waals surface area contributed by atoms with E-state index in [0.29, 0.717) is 11.7 Å². The highest BCUT2D eigenvalue weighted by atomic mass is 79.9. The summed E-state index contributed by atoms with van der Waals surface area (Å²) >= 11 is 3.37. The van der Waals surface area contributed by atoms with Crippen LogP contribution in [0.4, 0.5) is 0 Å². The number of hydrogen-bond donors (Lipinski definition) is 0. The monoisotopic (exact) mass is 230 g/mol. The molecule has 0 amide bonds. The first-order chi connectivity index (χ1) is 5.72. The number of alkyl halides is 1. The van der Waals surface area contributed by atoms with Gasteiger partial charge in [-0.15, -0.1) is 0 Å². The third-order valence-electron chi connectivity index (χ3n) is 2.35. The van der Waals surface area contributed by atoms with Crippen LogP contribution in [-0.4, -0.2) is 11.1 Å². The lowest BCUT2D eigenvalue weighted by molar-refractivity contribution is -0.121. The van der Waals surface area contributed by atoms with Gasteiger partial charge >= 0.3 is 0 Å². The van der Waals surface area contributed by atoms with Crippen LogP contribution in [0.5, 0.6) is 0 Å². The van der Waals surface area contributed by atoms with Crippen LogP contribution in [-0.2, 0) is 4.79 Å². The molecule has 0 aromatic carbocycles. The lowest BCUT2D eigenvalue weighted by Gasteiger charge is -2.20. The van der Waals surface area contributed by atoms with Crippen molar-refractivity contribution in [3.63, 3.8) is 0 Å². The first-order valence-electron chi connectivity index (χ1n) is 4.46. The number of halogens is 1. The number of rotatable bonds is 3. The summed E-state index contributed by atoms with van der Waals surface area (Å²) in [7, 11) is 0. The molecule has 1 saturated carbocycles. The van der Waals surface area contributed by atoms with Crippen LogP contribution in [0.2, 0.25) is 0 Å². The largest absolute Gasteiger partial charge is 0.300 e. The molecule has 1 rings (SSSR count). The molecule has 0 saturated heterocycles. The minimum absolute atomic E-state index is 0.439. The van der Waals surface area contributed by atoms with Gasteiger partial charge in [0.2, 0.25) is 0 Å². The number of carbonyl (C=O) groups is 1. The topological polar surface area (TPSA) is 17.1 Å². The standard InChI is InChI=1S/C10H15BrO/c1-8(7-11)5-9-3-2-4-10(12)6-9/h9H,1-7H2. The van der Waals surface area contributed by atoms with Crippen molar-refractivity contribution in [2.24, 2.45) is 5.92 Å². The van der Waals surface area contributed by atoms with E-state index in [1.54, 1.807) is 0 Å². The maximum Gasteiger partial charge on any atom is 0.133 e. The molecule has 1 aliphatic rings.